The van der Waals surface area contributed by atoms with E-state index in [1.54, 1.807) is 6.07 Å². The van der Waals surface area contributed by atoms with Crippen molar-refractivity contribution in [3.05, 3.63) is 12.4 Å². The van der Waals surface area contributed by atoms with Gasteiger partial charge in [-0.25, -0.2) is 14.8 Å². The van der Waals surface area contributed by atoms with Gasteiger partial charge in [-0.3, -0.25) is 0 Å². The summed E-state index contributed by atoms with van der Waals surface area (Å²) in [5, 5.41) is 9.52. The van der Waals surface area contributed by atoms with Crippen molar-refractivity contribution in [2.45, 2.75) is 32.7 Å². The third-order valence-electron chi connectivity index (χ3n) is 3.64. The largest absolute Gasteiger partial charge is 0.481 e. The van der Waals surface area contributed by atoms with Crippen LogP contribution in [0.3, 0.4) is 0 Å². The molecule has 1 aliphatic rings. The summed E-state index contributed by atoms with van der Waals surface area (Å²) in [7, 11) is 1.53. The number of rotatable bonds is 3. The Balaban J connectivity index is 2.37. The molecule has 2 rings (SSSR count). The Hall–Kier alpha value is -1.85. The van der Waals surface area contributed by atoms with E-state index in [9.17, 15) is 9.90 Å². The Labute approximate surface area is 112 Å². The van der Waals surface area contributed by atoms with Crippen LogP contribution >= 0.6 is 0 Å². The Morgan fingerprint density at radius 3 is 2.89 bits per heavy atom. The van der Waals surface area contributed by atoms with Crippen LogP contribution in [0.2, 0.25) is 0 Å². The first-order valence-corrected chi connectivity index (χ1v) is 6.31. The van der Waals surface area contributed by atoms with Crippen molar-refractivity contribution in [3.8, 4) is 5.88 Å². The summed E-state index contributed by atoms with van der Waals surface area (Å²) in [4.78, 5) is 21.6. The van der Waals surface area contributed by atoms with Gasteiger partial charge in [0.1, 0.15) is 18.2 Å². The lowest BCUT2D eigenvalue weighted by Crippen LogP contribution is -2.54. The molecule has 0 aromatic carbocycles. The Morgan fingerprint density at radius 2 is 2.26 bits per heavy atom. The molecule has 1 saturated heterocycles. The Kier molecular flexibility index (Phi) is 3.59. The molecule has 0 bridgehead atoms. The SMILES string of the molecule is COc1cc(N2CCCC(C)(C)C2C(=O)O)ncn1. The van der Waals surface area contributed by atoms with E-state index < -0.39 is 12.0 Å². The zero-order valence-electron chi connectivity index (χ0n) is 11.5. The molecule has 1 unspecified atom stereocenters. The second-order valence-corrected chi connectivity index (χ2v) is 5.44. The molecule has 6 heteroatoms. The van der Waals surface area contributed by atoms with Gasteiger partial charge in [0.2, 0.25) is 5.88 Å². The molecule has 0 aliphatic carbocycles. The number of aromatic nitrogens is 2. The first kappa shape index (κ1) is 13.6. The molecule has 0 amide bonds. The van der Waals surface area contributed by atoms with Gasteiger partial charge in [0.25, 0.3) is 0 Å². The third-order valence-corrected chi connectivity index (χ3v) is 3.64. The smallest absolute Gasteiger partial charge is 0.326 e. The van der Waals surface area contributed by atoms with Gasteiger partial charge in [0.05, 0.1) is 7.11 Å². The topological polar surface area (TPSA) is 75.5 Å². The normalized spacial score (nSPS) is 22.1. The minimum Gasteiger partial charge on any atom is -0.481 e. The van der Waals surface area contributed by atoms with Crippen LogP contribution in [0.5, 0.6) is 5.88 Å². The van der Waals surface area contributed by atoms with E-state index in [1.807, 2.05) is 18.7 Å². The summed E-state index contributed by atoms with van der Waals surface area (Å²) < 4.78 is 5.07. The van der Waals surface area contributed by atoms with Crippen molar-refractivity contribution < 1.29 is 14.6 Å². The van der Waals surface area contributed by atoms with Crippen molar-refractivity contribution in [1.29, 1.82) is 0 Å². The van der Waals surface area contributed by atoms with Gasteiger partial charge in [-0.2, -0.15) is 0 Å². The average molecular weight is 265 g/mol. The summed E-state index contributed by atoms with van der Waals surface area (Å²) in [5.74, 6) is 0.229. The number of hydrogen-bond donors (Lipinski definition) is 1. The highest BCUT2D eigenvalue weighted by atomic mass is 16.5. The Bertz CT molecular complexity index is 476. The van der Waals surface area contributed by atoms with Crippen LogP contribution in [0.1, 0.15) is 26.7 Å². The van der Waals surface area contributed by atoms with Gasteiger partial charge in [-0.15, -0.1) is 0 Å². The van der Waals surface area contributed by atoms with Gasteiger partial charge >= 0.3 is 5.97 Å². The van der Waals surface area contributed by atoms with Crippen LogP contribution in [0, 0.1) is 5.41 Å². The second-order valence-electron chi connectivity index (χ2n) is 5.44. The van der Waals surface area contributed by atoms with Gasteiger partial charge in [0, 0.05) is 12.6 Å². The maximum Gasteiger partial charge on any atom is 0.326 e. The number of aliphatic carboxylic acids is 1. The number of piperidine rings is 1. The van der Waals surface area contributed by atoms with Gasteiger partial charge in [-0.1, -0.05) is 13.8 Å². The van der Waals surface area contributed by atoms with Crippen molar-refractivity contribution in [3.63, 3.8) is 0 Å². The molecule has 1 aromatic rings. The summed E-state index contributed by atoms with van der Waals surface area (Å²) >= 11 is 0. The molecule has 1 N–H and O–H groups in total. The summed E-state index contributed by atoms with van der Waals surface area (Å²) in [6.45, 7) is 4.65. The number of methoxy groups -OCH3 is 1. The van der Waals surface area contributed by atoms with Crippen molar-refractivity contribution in [2.75, 3.05) is 18.6 Å². The maximum absolute atomic E-state index is 11.6. The fraction of sp³-hybridized carbons (Fsp3) is 0.615. The van der Waals surface area contributed by atoms with Gasteiger partial charge in [0.15, 0.2) is 0 Å². The molecule has 1 fully saturated rings. The number of ether oxygens (including phenoxy) is 1. The number of anilines is 1. The lowest BCUT2D eigenvalue weighted by atomic mass is 9.76. The minimum atomic E-state index is -0.817. The van der Waals surface area contributed by atoms with E-state index in [0.717, 1.165) is 12.8 Å². The highest BCUT2D eigenvalue weighted by molar-refractivity contribution is 5.79. The lowest BCUT2D eigenvalue weighted by Gasteiger charge is -2.44. The minimum absolute atomic E-state index is 0.289. The molecular weight excluding hydrogens is 246 g/mol. The molecule has 104 valence electrons. The Morgan fingerprint density at radius 1 is 1.53 bits per heavy atom. The third kappa shape index (κ3) is 2.62. The summed E-state index contributed by atoms with van der Waals surface area (Å²) in [5.41, 5.74) is -0.289. The van der Waals surface area contributed by atoms with Gasteiger partial charge < -0.3 is 14.7 Å². The molecule has 2 heterocycles. The van der Waals surface area contributed by atoms with Crippen LogP contribution < -0.4 is 9.64 Å². The molecular formula is C13H19N3O3. The lowest BCUT2D eigenvalue weighted by molar-refractivity contribution is -0.142. The molecule has 19 heavy (non-hydrogen) atoms. The number of nitrogens with zero attached hydrogens (tertiary/aromatic N) is 3. The molecule has 6 nitrogen and oxygen atoms in total. The van der Waals surface area contributed by atoms with Crippen LogP contribution in [-0.4, -0.2) is 40.7 Å². The van der Waals surface area contributed by atoms with E-state index in [2.05, 4.69) is 9.97 Å². The number of carboxylic acids is 1. The van der Waals surface area contributed by atoms with Crippen molar-refractivity contribution in [2.24, 2.45) is 5.41 Å². The highest BCUT2D eigenvalue weighted by Gasteiger charge is 2.43. The standard InChI is InChI=1S/C13H19N3O3/c1-13(2)5-4-6-16(11(13)12(17)18)9-7-10(19-3)15-8-14-9/h7-8,11H,4-6H2,1-3H3,(H,17,18). The highest BCUT2D eigenvalue weighted by Crippen LogP contribution is 2.37. The monoisotopic (exact) mass is 265 g/mol. The number of carboxylic acid groups (broad SMARTS) is 1. The first-order chi connectivity index (χ1) is 8.95. The average Bonchev–Trinajstić information content (AvgIpc) is 2.37. The predicted molar refractivity (Wildman–Crippen MR) is 70.4 cm³/mol. The van der Waals surface area contributed by atoms with Crippen LogP contribution in [-0.2, 0) is 4.79 Å². The number of hydrogen-bond acceptors (Lipinski definition) is 5. The molecule has 1 aliphatic heterocycles. The zero-order chi connectivity index (χ0) is 14.0. The van der Waals surface area contributed by atoms with E-state index in [0.29, 0.717) is 18.2 Å². The molecule has 1 atom stereocenters. The molecule has 0 saturated carbocycles. The fourth-order valence-electron chi connectivity index (χ4n) is 2.71. The quantitative estimate of drug-likeness (QED) is 0.894. The first-order valence-electron chi connectivity index (χ1n) is 6.31. The predicted octanol–water partition coefficient (Wildman–Crippen LogP) is 1.56. The van der Waals surface area contributed by atoms with E-state index >= 15 is 0 Å². The van der Waals surface area contributed by atoms with Crippen LogP contribution in [0.25, 0.3) is 0 Å². The molecule has 1 aromatic heterocycles. The van der Waals surface area contributed by atoms with Crippen LogP contribution in [0.4, 0.5) is 5.82 Å². The van der Waals surface area contributed by atoms with E-state index in [4.69, 9.17) is 4.74 Å². The van der Waals surface area contributed by atoms with Gasteiger partial charge in [-0.05, 0) is 18.3 Å². The molecule has 0 radical (unpaired) electrons. The molecule has 0 spiro atoms. The van der Waals surface area contributed by atoms with E-state index in [1.165, 1.54) is 13.4 Å². The second kappa shape index (κ2) is 5.03. The summed E-state index contributed by atoms with van der Waals surface area (Å²) in [6, 6.07) is 1.10. The van der Waals surface area contributed by atoms with Crippen LogP contribution in [0.15, 0.2) is 12.4 Å². The summed E-state index contributed by atoms with van der Waals surface area (Å²) in [6.07, 6.45) is 3.24. The zero-order valence-corrected chi connectivity index (χ0v) is 11.5. The van der Waals surface area contributed by atoms with Crippen molar-refractivity contribution >= 4 is 11.8 Å². The fourth-order valence-corrected chi connectivity index (χ4v) is 2.71. The van der Waals surface area contributed by atoms with E-state index in [-0.39, 0.29) is 5.41 Å². The van der Waals surface area contributed by atoms with Crippen molar-refractivity contribution in [1.82, 2.24) is 9.97 Å². The number of carbonyl (C=O) groups is 1. The maximum atomic E-state index is 11.6.